The Bertz CT molecular complexity index is 929. The highest BCUT2D eigenvalue weighted by Gasteiger charge is 2.07. The van der Waals surface area contributed by atoms with Crippen molar-refractivity contribution in [3.63, 3.8) is 0 Å². The predicted octanol–water partition coefficient (Wildman–Crippen LogP) is 4.13. The van der Waals surface area contributed by atoms with Crippen LogP contribution >= 0.6 is 24.0 Å². The Hall–Kier alpha value is -2.58. The monoisotopic (exact) mass is 386 g/mol. The van der Waals surface area contributed by atoms with E-state index in [0.29, 0.717) is 21.4 Å². The fraction of sp³-hybridized carbons (Fsp3) is 0.167. The summed E-state index contributed by atoms with van der Waals surface area (Å²) >= 11 is 6.85. The summed E-state index contributed by atoms with van der Waals surface area (Å²) < 4.78 is 12.6. The van der Waals surface area contributed by atoms with Gasteiger partial charge in [0.15, 0.2) is 0 Å². The van der Waals surface area contributed by atoms with Gasteiger partial charge in [0.2, 0.25) is 9.93 Å². The van der Waals surface area contributed by atoms with Gasteiger partial charge in [-0.05, 0) is 29.9 Å². The van der Waals surface area contributed by atoms with Crippen LogP contribution in [0.2, 0.25) is 0 Å². The highest BCUT2D eigenvalue weighted by molar-refractivity contribution is 7.98. The number of ether oxygens (including phenoxy) is 2. The van der Waals surface area contributed by atoms with Crippen molar-refractivity contribution in [2.75, 3.05) is 14.2 Å². The Morgan fingerprint density at radius 1 is 1.15 bits per heavy atom. The molecule has 0 radical (unpaired) electrons. The number of hydrogen-bond acceptors (Lipinski definition) is 6. The van der Waals surface area contributed by atoms with E-state index in [0.717, 1.165) is 11.3 Å². The second-order valence-electron chi connectivity index (χ2n) is 5.29. The van der Waals surface area contributed by atoms with Gasteiger partial charge in [-0.1, -0.05) is 42.1 Å². The fourth-order valence-electron chi connectivity index (χ4n) is 2.22. The summed E-state index contributed by atoms with van der Waals surface area (Å²) in [4.78, 5) is 0. The van der Waals surface area contributed by atoms with Crippen LogP contribution in [-0.4, -0.2) is 35.3 Å². The summed E-state index contributed by atoms with van der Waals surface area (Å²) in [5.41, 5.74) is 2.04. The lowest BCUT2D eigenvalue weighted by molar-refractivity contribution is 0.394. The fourth-order valence-corrected chi connectivity index (χ4v) is 3.32. The first kappa shape index (κ1) is 18.2. The van der Waals surface area contributed by atoms with Gasteiger partial charge in [-0.3, -0.25) is 0 Å². The van der Waals surface area contributed by atoms with Crippen LogP contribution in [0.3, 0.4) is 0 Å². The highest BCUT2D eigenvalue weighted by atomic mass is 32.2. The molecule has 8 heteroatoms. The first-order chi connectivity index (χ1) is 12.7. The molecule has 2 aromatic carbocycles. The minimum absolute atomic E-state index is 0.437. The van der Waals surface area contributed by atoms with Gasteiger partial charge >= 0.3 is 0 Å². The number of benzene rings is 2. The first-order valence-electron chi connectivity index (χ1n) is 7.81. The molecule has 0 spiro atoms. The lowest BCUT2D eigenvalue weighted by atomic mass is 10.2. The van der Waals surface area contributed by atoms with Crippen LogP contribution in [0.4, 0.5) is 0 Å². The SMILES string of the molecule is COc1cc(/C=N\n2c(SCc3ccccc3)n[nH]c2=S)cc(OC)c1. The molecule has 0 saturated carbocycles. The van der Waals surface area contributed by atoms with Crippen LogP contribution in [-0.2, 0) is 5.75 Å². The van der Waals surface area contributed by atoms with Crippen molar-refractivity contribution < 1.29 is 9.47 Å². The van der Waals surface area contributed by atoms with Crippen molar-refractivity contribution >= 4 is 30.2 Å². The number of aromatic nitrogens is 3. The van der Waals surface area contributed by atoms with Crippen LogP contribution in [0.5, 0.6) is 11.5 Å². The van der Waals surface area contributed by atoms with Gasteiger partial charge < -0.3 is 9.47 Å². The molecule has 0 saturated heterocycles. The molecule has 0 aliphatic heterocycles. The van der Waals surface area contributed by atoms with Crippen LogP contribution < -0.4 is 9.47 Å². The molecule has 1 N–H and O–H groups in total. The third-order valence-corrected chi connectivity index (χ3v) is 4.79. The Morgan fingerprint density at radius 3 is 2.50 bits per heavy atom. The third-order valence-electron chi connectivity index (χ3n) is 3.53. The molecule has 0 unspecified atom stereocenters. The third kappa shape index (κ3) is 4.53. The molecule has 134 valence electrons. The summed E-state index contributed by atoms with van der Waals surface area (Å²) in [7, 11) is 3.22. The van der Waals surface area contributed by atoms with Crippen molar-refractivity contribution in [3.05, 3.63) is 64.4 Å². The van der Waals surface area contributed by atoms with Gasteiger partial charge in [0.05, 0.1) is 20.4 Å². The Balaban J connectivity index is 1.81. The normalized spacial score (nSPS) is 11.0. The van der Waals surface area contributed by atoms with E-state index in [1.165, 1.54) is 5.56 Å². The van der Waals surface area contributed by atoms with E-state index in [2.05, 4.69) is 27.4 Å². The lowest BCUT2D eigenvalue weighted by Gasteiger charge is -2.05. The number of aromatic amines is 1. The topological polar surface area (TPSA) is 64.4 Å². The van der Waals surface area contributed by atoms with Crippen molar-refractivity contribution in [1.29, 1.82) is 0 Å². The minimum atomic E-state index is 0.437. The molecular weight excluding hydrogens is 368 g/mol. The minimum Gasteiger partial charge on any atom is -0.497 e. The molecule has 3 aromatic rings. The summed E-state index contributed by atoms with van der Waals surface area (Å²) in [6.07, 6.45) is 1.70. The molecule has 1 heterocycles. The van der Waals surface area contributed by atoms with Crippen molar-refractivity contribution in [1.82, 2.24) is 14.9 Å². The zero-order valence-corrected chi connectivity index (χ0v) is 16.0. The van der Waals surface area contributed by atoms with E-state index in [1.54, 1.807) is 36.9 Å². The molecule has 0 aliphatic rings. The Morgan fingerprint density at radius 2 is 1.85 bits per heavy atom. The summed E-state index contributed by atoms with van der Waals surface area (Å²) in [5, 5.41) is 12.2. The molecule has 0 fully saturated rings. The number of rotatable bonds is 7. The second kappa shape index (κ2) is 8.68. The quantitative estimate of drug-likeness (QED) is 0.376. The molecule has 0 bridgehead atoms. The van der Waals surface area contributed by atoms with Gasteiger partial charge in [0.1, 0.15) is 11.5 Å². The highest BCUT2D eigenvalue weighted by Crippen LogP contribution is 2.23. The summed E-state index contributed by atoms with van der Waals surface area (Å²) in [6.45, 7) is 0. The van der Waals surface area contributed by atoms with E-state index in [1.807, 2.05) is 36.4 Å². The largest absolute Gasteiger partial charge is 0.497 e. The Labute approximate surface area is 160 Å². The number of H-pyrrole nitrogens is 1. The summed E-state index contributed by atoms with van der Waals surface area (Å²) in [6, 6.07) is 15.7. The van der Waals surface area contributed by atoms with Crippen LogP contribution in [0.15, 0.2) is 58.8 Å². The average Bonchev–Trinajstić information content (AvgIpc) is 3.04. The molecule has 0 amide bonds. The second-order valence-corrected chi connectivity index (χ2v) is 6.62. The van der Waals surface area contributed by atoms with E-state index >= 15 is 0 Å². The van der Waals surface area contributed by atoms with E-state index in [-0.39, 0.29) is 0 Å². The zero-order valence-electron chi connectivity index (χ0n) is 14.4. The van der Waals surface area contributed by atoms with Gasteiger partial charge in [-0.15, -0.1) is 5.10 Å². The molecule has 6 nitrogen and oxygen atoms in total. The maximum absolute atomic E-state index is 5.28. The zero-order chi connectivity index (χ0) is 18.4. The summed E-state index contributed by atoms with van der Waals surface area (Å²) in [5.74, 6) is 2.17. The molecule has 0 aliphatic carbocycles. The van der Waals surface area contributed by atoms with E-state index in [9.17, 15) is 0 Å². The average molecular weight is 387 g/mol. The van der Waals surface area contributed by atoms with Gasteiger partial charge in [0.25, 0.3) is 0 Å². The maximum Gasteiger partial charge on any atom is 0.217 e. The van der Waals surface area contributed by atoms with Gasteiger partial charge in [0, 0.05) is 17.4 Å². The molecule has 0 atom stereocenters. The Kier molecular flexibility index (Phi) is 6.08. The van der Waals surface area contributed by atoms with Gasteiger partial charge in [-0.2, -0.15) is 9.78 Å². The number of hydrogen-bond donors (Lipinski definition) is 1. The van der Waals surface area contributed by atoms with Crippen molar-refractivity contribution in [2.24, 2.45) is 5.10 Å². The first-order valence-corrected chi connectivity index (χ1v) is 9.20. The van der Waals surface area contributed by atoms with Crippen LogP contribution in [0.1, 0.15) is 11.1 Å². The van der Waals surface area contributed by atoms with E-state index < -0.39 is 0 Å². The molecule has 3 rings (SSSR count). The number of nitrogens with zero attached hydrogens (tertiary/aromatic N) is 3. The number of nitrogens with one attached hydrogen (secondary N) is 1. The van der Waals surface area contributed by atoms with Crippen molar-refractivity contribution in [2.45, 2.75) is 10.9 Å². The predicted molar refractivity (Wildman–Crippen MR) is 106 cm³/mol. The van der Waals surface area contributed by atoms with Crippen LogP contribution in [0, 0.1) is 4.77 Å². The van der Waals surface area contributed by atoms with E-state index in [4.69, 9.17) is 21.7 Å². The van der Waals surface area contributed by atoms with Crippen molar-refractivity contribution in [3.8, 4) is 11.5 Å². The molecular formula is C18H18N4O2S2. The standard InChI is InChI=1S/C18H18N4O2S2/c1-23-15-8-14(9-16(10-15)24-2)11-19-22-17(25)20-21-18(22)26-12-13-6-4-3-5-7-13/h3-11H,12H2,1-2H3,(H,20,25)/b19-11-. The number of thioether (sulfide) groups is 1. The lowest BCUT2D eigenvalue weighted by Crippen LogP contribution is -1.95. The molecule has 1 aromatic heterocycles. The smallest absolute Gasteiger partial charge is 0.217 e. The number of methoxy groups -OCH3 is 2. The van der Waals surface area contributed by atoms with Crippen LogP contribution in [0.25, 0.3) is 0 Å². The molecule has 26 heavy (non-hydrogen) atoms. The van der Waals surface area contributed by atoms with Gasteiger partial charge in [-0.25, -0.2) is 5.10 Å². The maximum atomic E-state index is 5.28.